The molecule has 0 unspecified atom stereocenters. The van der Waals surface area contributed by atoms with Gasteiger partial charge in [-0.2, -0.15) is 10.4 Å². The largest absolute Gasteiger partial charge is 0.486 e. The third-order valence-corrected chi connectivity index (χ3v) is 5.87. The van der Waals surface area contributed by atoms with E-state index in [9.17, 15) is 10.1 Å². The summed E-state index contributed by atoms with van der Waals surface area (Å²) in [6.07, 6.45) is 3.12. The summed E-state index contributed by atoms with van der Waals surface area (Å²) in [6, 6.07) is 15.7. The summed E-state index contributed by atoms with van der Waals surface area (Å²) in [5.74, 6) is 1.94. The van der Waals surface area contributed by atoms with Crippen molar-refractivity contribution in [2.45, 2.75) is 45.9 Å². The molecular weight excluding hydrogens is 444 g/mol. The Balaban J connectivity index is 1.50. The van der Waals surface area contributed by atoms with E-state index >= 15 is 0 Å². The summed E-state index contributed by atoms with van der Waals surface area (Å²) in [7, 11) is 0. The Hall–Kier alpha value is -4.32. The van der Waals surface area contributed by atoms with Gasteiger partial charge in [0, 0.05) is 23.7 Å². The molecule has 1 saturated carbocycles. The lowest BCUT2D eigenvalue weighted by Gasteiger charge is -2.13. The molecule has 2 N–H and O–H groups in total. The van der Waals surface area contributed by atoms with Crippen molar-refractivity contribution in [3.05, 3.63) is 60.2 Å². The molecule has 0 atom stereocenters. The highest BCUT2D eigenvalue weighted by Crippen LogP contribution is 2.39. The number of hydrogen-bond donors (Lipinski definition) is 2. The molecule has 0 bridgehead atoms. The number of hydrogen-bond acceptors (Lipinski definition) is 6. The van der Waals surface area contributed by atoms with E-state index < -0.39 is 6.09 Å². The van der Waals surface area contributed by atoms with Gasteiger partial charge in [-0.25, -0.2) is 9.78 Å². The van der Waals surface area contributed by atoms with Gasteiger partial charge in [0.15, 0.2) is 5.82 Å². The van der Waals surface area contributed by atoms with Crippen LogP contribution < -0.4 is 10.1 Å². The molecule has 0 aliphatic heterocycles. The fourth-order valence-electron chi connectivity index (χ4n) is 4.11. The van der Waals surface area contributed by atoms with Gasteiger partial charge >= 0.3 is 6.09 Å². The van der Waals surface area contributed by atoms with E-state index in [4.69, 9.17) is 9.47 Å². The molecule has 2 heterocycles. The van der Waals surface area contributed by atoms with Crippen LogP contribution in [0.3, 0.4) is 0 Å². The molecule has 178 valence electrons. The van der Waals surface area contributed by atoms with Crippen molar-refractivity contribution < 1.29 is 14.3 Å². The van der Waals surface area contributed by atoms with E-state index in [1.54, 1.807) is 13.8 Å². The zero-order valence-corrected chi connectivity index (χ0v) is 19.6. The minimum atomic E-state index is -0.494. The number of anilines is 1. The van der Waals surface area contributed by atoms with Crippen molar-refractivity contribution in [2.24, 2.45) is 5.92 Å². The highest BCUT2D eigenvalue weighted by molar-refractivity contribution is 5.95. The van der Waals surface area contributed by atoms with Crippen molar-refractivity contribution in [3.63, 3.8) is 0 Å². The van der Waals surface area contributed by atoms with Gasteiger partial charge in [0.2, 0.25) is 0 Å². The maximum absolute atomic E-state index is 11.9. The van der Waals surface area contributed by atoms with Crippen LogP contribution in [-0.2, 0) is 17.9 Å². The number of amides is 1. The molecule has 4 aromatic rings. The van der Waals surface area contributed by atoms with Crippen LogP contribution in [0.5, 0.6) is 5.75 Å². The summed E-state index contributed by atoms with van der Waals surface area (Å²) in [5.41, 5.74) is 4.00. The molecule has 35 heavy (non-hydrogen) atoms. The summed E-state index contributed by atoms with van der Waals surface area (Å²) in [5, 5.41) is 20.4. The molecule has 9 heteroatoms. The molecule has 2 aromatic carbocycles. The number of carbonyl (C=O) groups is 1. The van der Waals surface area contributed by atoms with Crippen LogP contribution in [0, 0.1) is 17.2 Å². The molecule has 1 aliphatic rings. The van der Waals surface area contributed by atoms with E-state index in [0.29, 0.717) is 28.7 Å². The van der Waals surface area contributed by atoms with Crippen molar-refractivity contribution >= 4 is 22.7 Å². The van der Waals surface area contributed by atoms with Gasteiger partial charge in [-0.1, -0.05) is 12.1 Å². The number of nitriles is 1. The fraction of sp³-hybridized carbons (Fsp3) is 0.308. The van der Waals surface area contributed by atoms with Gasteiger partial charge in [-0.3, -0.25) is 10.4 Å². The lowest BCUT2D eigenvalue weighted by Crippen LogP contribution is -2.17. The second kappa shape index (κ2) is 9.50. The molecule has 2 aromatic heterocycles. The zero-order valence-electron chi connectivity index (χ0n) is 19.6. The lowest BCUT2D eigenvalue weighted by molar-refractivity contribution is 0.130. The Morgan fingerprint density at radius 3 is 2.71 bits per heavy atom. The molecule has 5 rings (SSSR count). The zero-order chi connectivity index (χ0) is 24.4. The summed E-state index contributed by atoms with van der Waals surface area (Å²) in [6.45, 7) is 4.71. The van der Waals surface area contributed by atoms with E-state index in [1.807, 2.05) is 42.5 Å². The molecule has 0 spiro atoms. The van der Waals surface area contributed by atoms with Crippen LogP contribution in [0.15, 0.2) is 48.8 Å². The monoisotopic (exact) mass is 470 g/mol. The number of rotatable bonds is 8. The number of nitrogens with one attached hydrogen (secondary N) is 2. The number of H-pyrrole nitrogens is 1. The SMILES string of the molecule is CC(C)OC(=O)Nc1ccc(-c2c(C#N)c3ccc(OCc4ncn[nH]4)cc3n2CC2CC2)cc1. The number of aromatic amines is 1. The van der Waals surface area contributed by atoms with E-state index in [-0.39, 0.29) is 12.7 Å². The maximum Gasteiger partial charge on any atom is 0.411 e. The van der Waals surface area contributed by atoms with Crippen molar-refractivity contribution in [1.82, 2.24) is 19.7 Å². The number of aromatic nitrogens is 4. The van der Waals surface area contributed by atoms with Gasteiger partial charge in [-0.05, 0) is 62.4 Å². The highest BCUT2D eigenvalue weighted by atomic mass is 16.6. The first kappa shape index (κ1) is 22.5. The third kappa shape index (κ3) is 4.96. The van der Waals surface area contributed by atoms with Gasteiger partial charge in [0.05, 0.1) is 22.9 Å². The molecule has 1 fully saturated rings. The third-order valence-electron chi connectivity index (χ3n) is 5.87. The van der Waals surface area contributed by atoms with Gasteiger partial charge < -0.3 is 14.0 Å². The Labute approximate surface area is 202 Å². The maximum atomic E-state index is 11.9. The Kier molecular flexibility index (Phi) is 6.10. The van der Waals surface area contributed by atoms with E-state index in [2.05, 4.69) is 31.1 Å². The van der Waals surface area contributed by atoms with E-state index in [0.717, 1.165) is 28.7 Å². The molecular formula is C26H26N6O3. The molecule has 9 nitrogen and oxygen atoms in total. The van der Waals surface area contributed by atoms with Crippen LogP contribution in [0.25, 0.3) is 22.2 Å². The number of ether oxygens (including phenoxy) is 2. The van der Waals surface area contributed by atoms with Crippen molar-refractivity contribution in [1.29, 1.82) is 5.26 Å². The van der Waals surface area contributed by atoms with Crippen LogP contribution in [0.2, 0.25) is 0 Å². The second-order valence-corrected chi connectivity index (χ2v) is 8.95. The molecule has 0 saturated heterocycles. The normalized spacial score (nSPS) is 13.1. The Morgan fingerprint density at radius 2 is 2.06 bits per heavy atom. The lowest BCUT2D eigenvalue weighted by atomic mass is 10.1. The predicted molar refractivity (Wildman–Crippen MR) is 131 cm³/mol. The average Bonchev–Trinajstić information content (AvgIpc) is 3.40. The molecule has 1 aliphatic carbocycles. The number of nitrogens with zero attached hydrogens (tertiary/aromatic N) is 4. The topological polar surface area (TPSA) is 118 Å². The average molecular weight is 471 g/mol. The Bertz CT molecular complexity index is 1380. The molecule has 1 amide bonds. The quantitative estimate of drug-likeness (QED) is 0.363. The van der Waals surface area contributed by atoms with Crippen molar-refractivity contribution in [3.8, 4) is 23.1 Å². The predicted octanol–water partition coefficient (Wildman–Crippen LogP) is 5.24. The van der Waals surface area contributed by atoms with E-state index in [1.165, 1.54) is 19.2 Å². The first-order valence-corrected chi connectivity index (χ1v) is 11.6. The highest BCUT2D eigenvalue weighted by Gasteiger charge is 2.26. The van der Waals surface area contributed by atoms with Crippen LogP contribution >= 0.6 is 0 Å². The first-order chi connectivity index (χ1) is 17.0. The summed E-state index contributed by atoms with van der Waals surface area (Å²) < 4.78 is 13.3. The van der Waals surface area contributed by atoms with Crippen LogP contribution in [-0.4, -0.2) is 31.9 Å². The Morgan fingerprint density at radius 1 is 1.26 bits per heavy atom. The number of carbonyl (C=O) groups excluding carboxylic acids is 1. The smallest absolute Gasteiger partial charge is 0.411 e. The first-order valence-electron chi connectivity index (χ1n) is 11.6. The second-order valence-electron chi connectivity index (χ2n) is 8.95. The number of fused-ring (bicyclic) bond motifs is 1. The fourth-order valence-corrected chi connectivity index (χ4v) is 4.11. The summed E-state index contributed by atoms with van der Waals surface area (Å²) in [4.78, 5) is 16.0. The van der Waals surface area contributed by atoms with Crippen molar-refractivity contribution in [2.75, 3.05) is 5.32 Å². The number of benzene rings is 2. The van der Waals surface area contributed by atoms with Gasteiger partial charge in [0.25, 0.3) is 0 Å². The summed E-state index contributed by atoms with van der Waals surface area (Å²) >= 11 is 0. The molecule has 0 radical (unpaired) electrons. The minimum Gasteiger partial charge on any atom is -0.486 e. The standard InChI is InChI=1S/C26H26N6O3/c1-16(2)35-26(33)30-19-7-5-18(6-8-19)25-22(12-27)21-10-9-20(34-14-24-28-15-29-31-24)11-23(21)32(25)13-17-3-4-17/h5-11,15-17H,3-4,13-14H2,1-2H3,(H,30,33)(H,28,29,31). The van der Waals surface area contributed by atoms with Gasteiger partial charge in [-0.15, -0.1) is 0 Å². The van der Waals surface area contributed by atoms with Gasteiger partial charge in [0.1, 0.15) is 24.8 Å². The van der Waals surface area contributed by atoms with Crippen LogP contribution in [0.4, 0.5) is 10.5 Å². The van der Waals surface area contributed by atoms with Crippen LogP contribution in [0.1, 0.15) is 38.1 Å². The minimum absolute atomic E-state index is 0.199.